The maximum absolute atomic E-state index is 10.8. The summed E-state index contributed by atoms with van der Waals surface area (Å²) in [7, 11) is 0. The number of hydrogen-bond donors (Lipinski definition) is 3. The van der Waals surface area contributed by atoms with Crippen molar-refractivity contribution in [1.82, 2.24) is 0 Å². The van der Waals surface area contributed by atoms with Gasteiger partial charge in [0.25, 0.3) is 5.69 Å². The fraction of sp³-hybridized carbons (Fsp3) is 0.200. The van der Waals surface area contributed by atoms with Crippen molar-refractivity contribution in [2.75, 3.05) is 0 Å². The number of nitrogens with zero attached hydrogens (tertiary/aromatic N) is 5. The van der Waals surface area contributed by atoms with Crippen LogP contribution in [0.4, 0.5) is 11.4 Å². The van der Waals surface area contributed by atoms with Gasteiger partial charge in [0.05, 0.1) is 4.92 Å². The molecule has 1 aromatic carbocycles. The summed E-state index contributed by atoms with van der Waals surface area (Å²) in [6.07, 6.45) is -0.820. The molecule has 0 fully saturated rings. The van der Waals surface area contributed by atoms with E-state index in [1.165, 1.54) is 18.2 Å². The number of para-hydroxylation sites is 1. The zero-order chi connectivity index (χ0) is 14.7. The molecule has 10 heteroatoms. The quantitative estimate of drug-likeness (QED) is 0.400. The van der Waals surface area contributed by atoms with E-state index in [4.69, 9.17) is 17.2 Å². The smallest absolute Gasteiger partial charge is 0.296 e. The molecule has 20 heavy (non-hydrogen) atoms. The number of nitro groups is 1. The number of azo groups is 1. The van der Waals surface area contributed by atoms with Gasteiger partial charge in [-0.2, -0.15) is 10.1 Å². The minimum atomic E-state index is -0.820. The second-order valence-electron chi connectivity index (χ2n) is 3.92. The largest absolute Gasteiger partial charge is 0.385 e. The molecule has 1 aromatic rings. The second-order valence-corrected chi connectivity index (χ2v) is 3.92. The van der Waals surface area contributed by atoms with Crippen molar-refractivity contribution in [3.05, 3.63) is 34.4 Å². The molecule has 1 heterocycles. The minimum absolute atomic E-state index is 0.0351. The first kappa shape index (κ1) is 13.5. The molecule has 2 atom stereocenters. The lowest BCUT2D eigenvalue weighted by molar-refractivity contribution is -0.384. The monoisotopic (exact) mass is 276 g/mol. The van der Waals surface area contributed by atoms with E-state index in [9.17, 15) is 10.1 Å². The Morgan fingerprint density at radius 3 is 2.65 bits per heavy atom. The van der Waals surface area contributed by atoms with Crippen LogP contribution < -0.4 is 17.2 Å². The Morgan fingerprint density at radius 1 is 1.30 bits per heavy atom. The highest BCUT2D eigenvalue weighted by Gasteiger charge is 2.25. The van der Waals surface area contributed by atoms with E-state index in [-0.39, 0.29) is 23.2 Å². The fourth-order valence-corrected chi connectivity index (χ4v) is 1.58. The van der Waals surface area contributed by atoms with Crippen molar-refractivity contribution in [3.63, 3.8) is 0 Å². The Balaban J connectivity index is 2.27. The number of aliphatic imine (C=N–C) groups is 2. The lowest BCUT2D eigenvalue weighted by Crippen LogP contribution is -2.46. The van der Waals surface area contributed by atoms with Gasteiger partial charge in [-0.15, -0.1) is 5.11 Å². The first-order chi connectivity index (χ1) is 9.49. The summed E-state index contributed by atoms with van der Waals surface area (Å²) in [5, 5.41) is 18.5. The van der Waals surface area contributed by atoms with Gasteiger partial charge in [0.15, 0.2) is 11.7 Å². The van der Waals surface area contributed by atoms with Crippen molar-refractivity contribution in [3.8, 4) is 0 Å². The normalized spacial score (nSPS) is 22.4. The van der Waals surface area contributed by atoms with Crippen LogP contribution in [0.2, 0.25) is 0 Å². The summed E-state index contributed by atoms with van der Waals surface area (Å²) < 4.78 is 0. The van der Waals surface area contributed by atoms with Crippen molar-refractivity contribution < 1.29 is 4.92 Å². The average Bonchev–Trinajstić information content (AvgIpc) is 2.37. The molecule has 10 nitrogen and oxygen atoms in total. The van der Waals surface area contributed by atoms with Crippen LogP contribution in [0.15, 0.2) is 44.5 Å². The van der Waals surface area contributed by atoms with Gasteiger partial charge in [-0.3, -0.25) is 10.1 Å². The van der Waals surface area contributed by atoms with E-state index >= 15 is 0 Å². The number of rotatable bonds is 3. The predicted molar refractivity (Wildman–Crippen MR) is 72.6 cm³/mol. The maximum Gasteiger partial charge on any atom is 0.296 e. The molecule has 0 saturated heterocycles. The van der Waals surface area contributed by atoms with Crippen molar-refractivity contribution in [2.45, 2.75) is 12.2 Å². The number of benzene rings is 1. The minimum Gasteiger partial charge on any atom is -0.385 e. The van der Waals surface area contributed by atoms with Crippen LogP contribution in [-0.4, -0.2) is 28.9 Å². The first-order valence-corrected chi connectivity index (χ1v) is 5.56. The summed E-state index contributed by atoms with van der Waals surface area (Å²) in [6.45, 7) is 0. The van der Waals surface area contributed by atoms with Crippen LogP contribution >= 0.6 is 0 Å². The fourth-order valence-electron chi connectivity index (χ4n) is 1.58. The molecular formula is C10H12N8O2. The molecule has 104 valence electrons. The number of guanidine groups is 1. The van der Waals surface area contributed by atoms with Gasteiger partial charge >= 0.3 is 0 Å². The van der Waals surface area contributed by atoms with Gasteiger partial charge in [-0.25, -0.2) is 4.99 Å². The molecule has 0 aliphatic carbocycles. The van der Waals surface area contributed by atoms with Gasteiger partial charge in [0.2, 0.25) is 5.96 Å². The van der Waals surface area contributed by atoms with Gasteiger partial charge in [0.1, 0.15) is 12.0 Å². The SMILES string of the molecule is NC1=NC(N)C(/N=N/c2ccccc2[N+](=O)[O-])C(N)=N1. The van der Waals surface area contributed by atoms with E-state index in [1.54, 1.807) is 6.07 Å². The Kier molecular flexibility index (Phi) is 3.66. The maximum atomic E-state index is 10.8. The topological polar surface area (TPSA) is 171 Å². The summed E-state index contributed by atoms with van der Waals surface area (Å²) >= 11 is 0. The average molecular weight is 276 g/mol. The molecule has 0 bridgehead atoms. The highest BCUT2D eigenvalue weighted by atomic mass is 16.6. The number of hydrogen-bond acceptors (Lipinski definition) is 9. The van der Waals surface area contributed by atoms with Crippen LogP contribution in [0.25, 0.3) is 0 Å². The number of nitro benzene ring substituents is 1. The third kappa shape index (κ3) is 2.75. The van der Waals surface area contributed by atoms with Gasteiger partial charge < -0.3 is 17.2 Å². The standard InChI is InChI=1S/C10H12N8O2/c11-8-7(9(12)15-10(13)14-8)17-16-5-3-1-2-4-6(5)18(19)20/h1-4,7-8H,11H2,(H4,12,13,14,15)/b17-16+. The van der Waals surface area contributed by atoms with Crippen LogP contribution in [0.3, 0.4) is 0 Å². The third-order valence-electron chi connectivity index (χ3n) is 2.52. The molecule has 1 aliphatic rings. The molecule has 0 spiro atoms. The van der Waals surface area contributed by atoms with Crippen molar-refractivity contribution in [2.24, 2.45) is 37.4 Å². The summed E-state index contributed by atoms with van der Waals surface area (Å²) in [5.41, 5.74) is 16.7. The Bertz CT molecular complexity index is 623. The van der Waals surface area contributed by atoms with Crippen LogP contribution in [0.1, 0.15) is 0 Å². The summed E-state index contributed by atoms with van der Waals surface area (Å²) in [6, 6.07) is 5.12. The molecule has 2 rings (SSSR count). The Hall–Kier alpha value is -2.88. The molecular weight excluding hydrogens is 264 g/mol. The predicted octanol–water partition coefficient (Wildman–Crippen LogP) is 0.0174. The van der Waals surface area contributed by atoms with Crippen molar-refractivity contribution in [1.29, 1.82) is 0 Å². The lowest BCUT2D eigenvalue weighted by Gasteiger charge is -2.18. The number of nitrogens with two attached hydrogens (primary N) is 3. The molecule has 2 unspecified atom stereocenters. The van der Waals surface area contributed by atoms with Gasteiger partial charge in [-0.1, -0.05) is 12.1 Å². The molecule has 0 aromatic heterocycles. The van der Waals surface area contributed by atoms with Crippen LogP contribution in [0, 0.1) is 10.1 Å². The Labute approximate surface area is 113 Å². The van der Waals surface area contributed by atoms with Gasteiger partial charge in [-0.05, 0) is 6.07 Å². The zero-order valence-corrected chi connectivity index (χ0v) is 10.2. The number of amidine groups is 1. The summed E-state index contributed by atoms with van der Waals surface area (Å²) in [4.78, 5) is 17.8. The molecule has 0 radical (unpaired) electrons. The molecule has 0 saturated carbocycles. The van der Waals surface area contributed by atoms with Gasteiger partial charge in [0, 0.05) is 6.07 Å². The van der Waals surface area contributed by atoms with Crippen LogP contribution in [-0.2, 0) is 0 Å². The molecule has 1 aliphatic heterocycles. The van der Waals surface area contributed by atoms with Crippen LogP contribution in [0.5, 0.6) is 0 Å². The van der Waals surface area contributed by atoms with E-state index < -0.39 is 17.1 Å². The van der Waals surface area contributed by atoms with E-state index in [1.807, 2.05) is 0 Å². The highest BCUT2D eigenvalue weighted by Crippen LogP contribution is 2.27. The van der Waals surface area contributed by atoms with Crippen molar-refractivity contribution >= 4 is 23.2 Å². The highest BCUT2D eigenvalue weighted by molar-refractivity contribution is 5.99. The Morgan fingerprint density at radius 2 is 2.00 bits per heavy atom. The zero-order valence-electron chi connectivity index (χ0n) is 10.2. The lowest BCUT2D eigenvalue weighted by atomic mass is 10.2. The second kappa shape index (κ2) is 5.40. The summed E-state index contributed by atoms with van der Waals surface area (Å²) in [5.74, 6) is 0.0273. The van der Waals surface area contributed by atoms with E-state index in [0.717, 1.165) is 0 Å². The van der Waals surface area contributed by atoms with E-state index in [2.05, 4.69) is 20.2 Å². The van der Waals surface area contributed by atoms with E-state index in [0.29, 0.717) is 0 Å². The molecule has 0 amide bonds. The third-order valence-corrected chi connectivity index (χ3v) is 2.52. The first-order valence-electron chi connectivity index (χ1n) is 5.56. The molecule has 6 N–H and O–H groups in total.